The van der Waals surface area contributed by atoms with Crippen molar-refractivity contribution >= 4 is 23.4 Å². The Labute approximate surface area is 75.5 Å². The van der Waals surface area contributed by atoms with Crippen molar-refractivity contribution in [2.75, 3.05) is 7.11 Å². The molecule has 0 N–H and O–H groups in total. The lowest BCUT2D eigenvalue weighted by Gasteiger charge is -1.90. The molecule has 3 heteroatoms. The van der Waals surface area contributed by atoms with Crippen LogP contribution in [0.25, 0.3) is 6.08 Å². The first kappa shape index (κ1) is 9.00. The molecular formula is C9H10O2S. The van der Waals surface area contributed by atoms with Crippen molar-refractivity contribution in [3.63, 3.8) is 0 Å². The summed E-state index contributed by atoms with van der Waals surface area (Å²) in [7, 11) is 1.39. The molecule has 1 heterocycles. The summed E-state index contributed by atoms with van der Waals surface area (Å²) in [4.78, 5) is 11.8. The minimum atomic E-state index is -0.206. The van der Waals surface area contributed by atoms with E-state index in [-0.39, 0.29) is 5.97 Å². The summed E-state index contributed by atoms with van der Waals surface area (Å²) >= 11 is 1.64. The van der Waals surface area contributed by atoms with E-state index < -0.39 is 0 Å². The van der Waals surface area contributed by atoms with Gasteiger partial charge in [-0.1, -0.05) is 12.1 Å². The molecule has 0 aromatic carbocycles. The van der Waals surface area contributed by atoms with Gasteiger partial charge in [0.15, 0.2) is 0 Å². The van der Waals surface area contributed by atoms with E-state index in [9.17, 15) is 4.79 Å². The van der Waals surface area contributed by atoms with Crippen molar-refractivity contribution in [3.8, 4) is 0 Å². The van der Waals surface area contributed by atoms with Gasteiger partial charge in [-0.05, 0) is 17.5 Å². The van der Waals surface area contributed by atoms with E-state index in [0.29, 0.717) is 6.42 Å². The molecule has 0 bridgehead atoms. The maximum atomic E-state index is 10.7. The zero-order valence-corrected chi connectivity index (χ0v) is 7.64. The monoisotopic (exact) mass is 182 g/mol. The molecule has 0 aliphatic rings. The van der Waals surface area contributed by atoms with Gasteiger partial charge in [0.05, 0.1) is 13.5 Å². The summed E-state index contributed by atoms with van der Waals surface area (Å²) in [6.07, 6.45) is 4.06. The number of esters is 1. The van der Waals surface area contributed by atoms with Gasteiger partial charge in [0, 0.05) is 4.88 Å². The molecule has 1 rings (SSSR count). The molecular weight excluding hydrogens is 172 g/mol. The molecule has 1 aromatic rings. The van der Waals surface area contributed by atoms with Crippen molar-refractivity contribution in [2.24, 2.45) is 0 Å². The fraction of sp³-hybridized carbons (Fsp3) is 0.222. The molecule has 0 spiro atoms. The highest BCUT2D eigenvalue weighted by molar-refractivity contribution is 7.10. The standard InChI is InChI=1S/C9H10O2S/c1-11-9(10)6-2-4-8-5-3-7-12-8/h2-5,7H,6H2,1H3. The van der Waals surface area contributed by atoms with Gasteiger partial charge < -0.3 is 4.74 Å². The molecule has 0 radical (unpaired) electrons. The van der Waals surface area contributed by atoms with Gasteiger partial charge in [-0.15, -0.1) is 11.3 Å². The van der Waals surface area contributed by atoms with E-state index in [1.165, 1.54) is 7.11 Å². The predicted molar refractivity (Wildman–Crippen MR) is 50.0 cm³/mol. The fourth-order valence-corrected chi connectivity index (χ4v) is 1.39. The lowest BCUT2D eigenvalue weighted by atomic mass is 10.3. The van der Waals surface area contributed by atoms with Crippen LogP contribution in [0.2, 0.25) is 0 Å². The largest absolute Gasteiger partial charge is 0.469 e. The van der Waals surface area contributed by atoms with E-state index in [1.54, 1.807) is 17.4 Å². The molecule has 0 saturated heterocycles. The van der Waals surface area contributed by atoms with Crippen LogP contribution in [0.5, 0.6) is 0 Å². The second kappa shape index (κ2) is 4.72. The molecule has 0 atom stereocenters. The third kappa shape index (κ3) is 2.88. The van der Waals surface area contributed by atoms with Crippen LogP contribution in [0.15, 0.2) is 23.6 Å². The Hall–Kier alpha value is -1.09. The molecule has 0 amide bonds. The average molecular weight is 182 g/mol. The minimum Gasteiger partial charge on any atom is -0.469 e. The zero-order chi connectivity index (χ0) is 8.81. The second-order valence-corrected chi connectivity index (χ2v) is 3.18. The number of carbonyl (C=O) groups is 1. The van der Waals surface area contributed by atoms with E-state index in [0.717, 1.165) is 4.88 Å². The lowest BCUT2D eigenvalue weighted by molar-refractivity contribution is -0.139. The summed E-state index contributed by atoms with van der Waals surface area (Å²) in [5.41, 5.74) is 0. The van der Waals surface area contributed by atoms with Crippen molar-refractivity contribution in [2.45, 2.75) is 6.42 Å². The van der Waals surface area contributed by atoms with Gasteiger partial charge in [0.25, 0.3) is 0 Å². The van der Waals surface area contributed by atoms with Crippen LogP contribution < -0.4 is 0 Å². The van der Waals surface area contributed by atoms with Crippen LogP contribution in [0, 0.1) is 0 Å². The topological polar surface area (TPSA) is 26.3 Å². The minimum absolute atomic E-state index is 0.206. The van der Waals surface area contributed by atoms with E-state index in [1.807, 2.05) is 23.6 Å². The van der Waals surface area contributed by atoms with Gasteiger partial charge in [0.2, 0.25) is 0 Å². The van der Waals surface area contributed by atoms with Crippen LogP contribution >= 0.6 is 11.3 Å². The fourth-order valence-electron chi connectivity index (χ4n) is 0.741. The van der Waals surface area contributed by atoms with Crippen LogP contribution in [-0.4, -0.2) is 13.1 Å². The molecule has 0 aliphatic heterocycles. The SMILES string of the molecule is COC(=O)CC=Cc1cccs1. The Bertz CT molecular complexity index is 262. The first-order valence-electron chi connectivity index (χ1n) is 3.60. The summed E-state index contributed by atoms with van der Waals surface area (Å²) in [6.45, 7) is 0. The van der Waals surface area contributed by atoms with Crippen LogP contribution in [0.1, 0.15) is 11.3 Å². The number of carbonyl (C=O) groups excluding carboxylic acids is 1. The van der Waals surface area contributed by atoms with E-state index >= 15 is 0 Å². The average Bonchev–Trinajstić information content (AvgIpc) is 2.57. The molecule has 64 valence electrons. The summed E-state index contributed by atoms with van der Waals surface area (Å²) in [5.74, 6) is -0.206. The Balaban J connectivity index is 2.37. The first-order valence-corrected chi connectivity index (χ1v) is 4.48. The third-order valence-electron chi connectivity index (χ3n) is 1.34. The summed E-state index contributed by atoms with van der Waals surface area (Å²) < 4.78 is 4.48. The van der Waals surface area contributed by atoms with Gasteiger partial charge in [-0.3, -0.25) is 4.79 Å². The molecule has 2 nitrogen and oxygen atoms in total. The quantitative estimate of drug-likeness (QED) is 0.670. The van der Waals surface area contributed by atoms with Crippen molar-refractivity contribution in [3.05, 3.63) is 28.5 Å². The maximum absolute atomic E-state index is 10.7. The van der Waals surface area contributed by atoms with Gasteiger partial charge in [-0.2, -0.15) is 0 Å². The lowest BCUT2D eigenvalue weighted by Crippen LogP contribution is -1.96. The Morgan fingerprint density at radius 2 is 2.58 bits per heavy atom. The van der Waals surface area contributed by atoms with Crippen LogP contribution in [-0.2, 0) is 9.53 Å². The maximum Gasteiger partial charge on any atom is 0.309 e. The van der Waals surface area contributed by atoms with Gasteiger partial charge >= 0.3 is 5.97 Å². The number of ether oxygens (including phenoxy) is 1. The summed E-state index contributed by atoms with van der Waals surface area (Å²) in [5, 5.41) is 2.00. The van der Waals surface area contributed by atoms with Crippen LogP contribution in [0.3, 0.4) is 0 Å². The zero-order valence-electron chi connectivity index (χ0n) is 6.82. The first-order chi connectivity index (χ1) is 5.83. The molecule has 0 aliphatic carbocycles. The molecule has 0 fully saturated rings. The number of rotatable bonds is 3. The van der Waals surface area contributed by atoms with E-state index in [4.69, 9.17) is 0 Å². The normalized spacial score (nSPS) is 10.4. The smallest absolute Gasteiger partial charge is 0.309 e. The predicted octanol–water partition coefficient (Wildman–Crippen LogP) is 2.32. The van der Waals surface area contributed by atoms with E-state index in [2.05, 4.69) is 4.74 Å². The number of hydrogen-bond acceptors (Lipinski definition) is 3. The highest BCUT2D eigenvalue weighted by atomic mass is 32.1. The van der Waals surface area contributed by atoms with Crippen molar-refractivity contribution < 1.29 is 9.53 Å². The number of hydrogen-bond donors (Lipinski definition) is 0. The Kier molecular flexibility index (Phi) is 3.54. The van der Waals surface area contributed by atoms with Gasteiger partial charge in [0.1, 0.15) is 0 Å². The van der Waals surface area contributed by atoms with Crippen molar-refractivity contribution in [1.82, 2.24) is 0 Å². The molecule has 1 aromatic heterocycles. The van der Waals surface area contributed by atoms with Crippen LogP contribution in [0.4, 0.5) is 0 Å². The Morgan fingerprint density at radius 1 is 1.75 bits per heavy atom. The molecule has 0 saturated carbocycles. The number of methoxy groups -OCH3 is 1. The second-order valence-electron chi connectivity index (χ2n) is 2.20. The highest BCUT2D eigenvalue weighted by Crippen LogP contribution is 2.10. The molecule has 0 unspecified atom stereocenters. The highest BCUT2D eigenvalue weighted by Gasteiger charge is 1.93. The Morgan fingerprint density at radius 3 is 3.17 bits per heavy atom. The van der Waals surface area contributed by atoms with Crippen molar-refractivity contribution in [1.29, 1.82) is 0 Å². The van der Waals surface area contributed by atoms with Gasteiger partial charge in [-0.25, -0.2) is 0 Å². The number of thiophene rings is 1. The summed E-state index contributed by atoms with van der Waals surface area (Å²) in [6, 6.07) is 3.97. The molecule has 12 heavy (non-hydrogen) atoms. The third-order valence-corrected chi connectivity index (χ3v) is 2.18.